The monoisotopic (exact) mass is 476 g/mol. The van der Waals surface area contributed by atoms with E-state index in [1.54, 1.807) is 12.1 Å². The molecule has 0 spiro atoms. The van der Waals surface area contributed by atoms with Crippen LogP contribution in [0, 0.1) is 11.8 Å². The van der Waals surface area contributed by atoms with Crippen molar-refractivity contribution in [2.75, 3.05) is 11.9 Å². The smallest absolute Gasteiger partial charge is 0.244 e. The van der Waals surface area contributed by atoms with Gasteiger partial charge >= 0.3 is 0 Å². The van der Waals surface area contributed by atoms with Gasteiger partial charge in [-0.15, -0.1) is 0 Å². The Hall–Kier alpha value is -3.15. The third-order valence-corrected chi connectivity index (χ3v) is 7.59. The number of nitrogens with zero attached hydrogens (tertiary/aromatic N) is 1. The van der Waals surface area contributed by atoms with E-state index in [-0.39, 0.29) is 35.2 Å². The minimum Gasteiger partial charge on any atom is -0.323 e. The van der Waals surface area contributed by atoms with E-state index in [0.717, 1.165) is 27.2 Å². The van der Waals surface area contributed by atoms with Crippen LogP contribution in [0.25, 0.3) is 0 Å². The van der Waals surface area contributed by atoms with Crippen LogP contribution in [0.1, 0.15) is 34.1 Å². The Morgan fingerprint density at radius 1 is 0.788 bits per heavy atom. The second-order valence-electron chi connectivity index (χ2n) is 8.70. The van der Waals surface area contributed by atoms with E-state index in [1.807, 2.05) is 24.3 Å². The van der Waals surface area contributed by atoms with Gasteiger partial charge in [0.05, 0.1) is 22.5 Å². The maximum absolute atomic E-state index is 13.5. The third kappa shape index (κ3) is 2.96. The van der Waals surface area contributed by atoms with Crippen molar-refractivity contribution < 1.29 is 14.4 Å². The number of benzene rings is 3. The van der Waals surface area contributed by atoms with E-state index in [2.05, 4.69) is 29.6 Å². The first-order chi connectivity index (χ1) is 16.0. The van der Waals surface area contributed by atoms with Gasteiger partial charge in [0.15, 0.2) is 0 Å². The zero-order chi connectivity index (χ0) is 22.9. The molecular weight excluding hydrogens is 459 g/mol. The van der Waals surface area contributed by atoms with E-state index < -0.39 is 17.7 Å². The molecule has 1 heterocycles. The second kappa shape index (κ2) is 7.44. The van der Waals surface area contributed by atoms with E-state index in [4.69, 9.17) is 23.2 Å². The maximum Gasteiger partial charge on any atom is 0.244 e. The maximum atomic E-state index is 13.5. The number of nitrogens with one attached hydrogen (secondary N) is 1. The SMILES string of the molecule is O=C(CN1C(=O)C2C3c4ccccc4C(c4ccccc43)C2C1=O)Nc1ccc(Cl)cc1Cl. The lowest BCUT2D eigenvalue weighted by atomic mass is 9.55. The lowest BCUT2D eigenvalue weighted by molar-refractivity contribution is -0.142. The van der Waals surface area contributed by atoms with Crippen LogP contribution in [0.4, 0.5) is 5.69 Å². The summed E-state index contributed by atoms with van der Waals surface area (Å²) in [6.45, 7) is -0.351. The van der Waals surface area contributed by atoms with Crippen molar-refractivity contribution in [2.45, 2.75) is 11.8 Å². The number of rotatable bonds is 3. The van der Waals surface area contributed by atoms with Gasteiger partial charge in [0, 0.05) is 16.9 Å². The van der Waals surface area contributed by atoms with Crippen molar-refractivity contribution >= 4 is 46.6 Å². The number of amides is 3. The van der Waals surface area contributed by atoms with Crippen molar-refractivity contribution in [3.8, 4) is 0 Å². The number of imide groups is 1. The number of anilines is 1. The Balaban J connectivity index is 1.34. The standard InChI is InChI=1S/C26H18Cl2N2O3/c27-13-9-10-19(18(28)11-13)29-20(31)12-30-25(32)23-21-14-5-1-2-6-15(14)22(24(23)26(30)33)17-8-4-3-7-16(17)21/h1-11,21-24H,12H2,(H,29,31). The molecule has 0 radical (unpaired) electrons. The van der Waals surface area contributed by atoms with Crippen LogP contribution in [0.3, 0.4) is 0 Å². The molecule has 1 fully saturated rings. The molecule has 2 bridgehead atoms. The van der Waals surface area contributed by atoms with Crippen LogP contribution < -0.4 is 5.32 Å². The molecule has 3 amide bonds. The minimum absolute atomic E-state index is 0.192. The highest BCUT2D eigenvalue weighted by Gasteiger charge is 2.61. The van der Waals surface area contributed by atoms with Crippen LogP contribution in [0.5, 0.6) is 0 Å². The fourth-order valence-corrected chi connectivity index (χ4v) is 6.27. The fraction of sp³-hybridized carbons (Fsp3) is 0.192. The fourth-order valence-electron chi connectivity index (χ4n) is 5.82. The molecule has 1 saturated heterocycles. The predicted molar refractivity (Wildman–Crippen MR) is 125 cm³/mol. The Kier molecular flexibility index (Phi) is 4.61. The summed E-state index contributed by atoms with van der Waals surface area (Å²) in [6.07, 6.45) is 0. The summed E-state index contributed by atoms with van der Waals surface area (Å²) in [5.41, 5.74) is 4.78. The molecule has 7 heteroatoms. The van der Waals surface area contributed by atoms with Gasteiger partial charge in [-0.3, -0.25) is 19.3 Å². The molecule has 33 heavy (non-hydrogen) atoms. The number of likely N-dealkylation sites (tertiary alicyclic amines) is 1. The number of carbonyl (C=O) groups is 3. The minimum atomic E-state index is -0.501. The van der Waals surface area contributed by atoms with Gasteiger partial charge < -0.3 is 5.32 Å². The summed E-state index contributed by atoms with van der Waals surface area (Å²) < 4.78 is 0. The highest BCUT2D eigenvalue weighted by molar-refractivity contribution is 6.36. The lowest BCUT2D eigenvalue weighted by Crippen LogP contribution is -2.41. The number of hydrogen-bond donors (Lipinski definition) is 1. The Morgan fingerprint density at radius 2 is 1.27 bits per heavy atom. The topological polar surface area (TPSA) is 66.5 Å². The van der Waals surface area contributed by atoms with E-state index in [9.17, 15) is 14.4 Å². The van der Waals surface area contributed by atoms with E-state index in [0.29, 0.717) is 10.7 Å². The van der Waals surface area contributed by atoms with Crippen LogP contribution in [-0.4, -0.2) is 29.2 Å². The van der Waals surface area contributed by atoms with Crippen LogP contribution in [0.2, 0.25) is 10.0 Å². The second-order valence-corrected chi connectivity index (χ2v) is 9.54. The summed E-state index contributed by atoms with van der Waals surface area (Å²) in [5, 5.41) is 3.41. The first kappa shape index (κ1) is 20.5. The van der Waals surface area contributed by atoms with Crippen LogP contribution in [0.15, 0.2) is 66.7 Å². The average molecular weight is 477 g/mol. The number of hydrogen-bond acceptors (Lipinski definition) is 3. The molecule has 3 aromatic rings. The van der Waals surface area contributed by atoms with Gasteiger partial charge in [-0.05, 0) is 40.5 Å². The molecule has 2 unspecified atom stereocenters. The molecule has 3 aromatic carbocycles. The molecular formula is C26H18Cl2N2O3. The zero-order valence-corrected chi connectivity index (χ0v) is 18.8. The van der Waals surface area contributed by atoms with Gasteiger partial charge in [-0.25, -0.2) is 0 Å². The highest BCUT2D eigenvalue weighted by Crippen LogP contribution is 2.60. The Labute approximate surface area is 200 Å². The Morgan fingerprint density at radius 3 is 1.73 bits per heavy atom. The van der Waals surface area contributed by atoms with Crippen molar-refractivity contribution in [1.82, 2.24) is 4.90 Å². The van der Waals surface area contributed by atoms with Crippen molar-refractivity contribution in [3.05, 3.63) is 99.0 Å². The molecule has 1 aliphatic heterocycles. The van der Waals surface area contributed by atoms with Gasteiger partial charge in [0.2, 0.25) is 17.7 Å². The van der Waals surface area contributed by atoms with Crippen molar-refractivity contribution in [1.29, 1.82) is 0 Å². The molecule has 5 nitrogen and oxygen atoms in total. The molecule has 7 rings (SSSR count). The molecule has 2 atom stereocenters. The molecule has 0 aromatic heterocycles. The van der Waals surface area contributed by atoms with E-state index in [1.165, 1.54) is 6.07 Å². The van der Waals surface area contributed by atoms with Crippen LogP contribution >= 0.6 is 23.2 Å². The number of carbonyl (C=O) groups excluding carboxylic acids is 3. The van der Waals surface area contributed by atoms with Crippen molar-refractivity contribution in [2.24, 2.45) is 11.8 Å². The third-order valence-electron chi connectivity index (χ3n) is 7.05. The molecule has 164 valence electrons. The Bertz CT molecular complexity index is 1240. The van der Waals surface area contributed by atoms with Gasteiger partial charge in [0.1, 0.15) is 6.54 Å². The number of halogens is 2. The van der Waals surface area contributed by atoms with Gasteiger partial charge in [0.25, 0.3) is 0 Å². The van der Waals surface area contributed by atoms with Crippen LogP contribution in [-0.2, 0) is 14.4 Å². The van der Waals surface area contributed by atoms with Gasteiger partial charge in [-0.1, -0.05) is 71.7 Å². The van der Waals surface area contributed by atoms with E-state index >= 15 is 0 Å². The largest absolute Gasteiger partial charge is 0.323 e. The summed E-state index contributed by atoms with van der Waals surface area (Å²) in [5.74, 6) is -2.45. The normalized spacial score (nSPS) is 24.4. The summed E-state index contributed by atoms with van der Waals surface area (Å²) in [4.78, 5) is 41.0. The predicted octanol–water partition coefficient (Wildman–Crippen LogP) is 4.82. The lowest BCUT2D eigenvalue weighted by Gasteiger charge is -2.45. The highest BCUT2D eigenvalue weighted by atomic mass is 35.5. The summed E-state index contributed by atoms with van der Waals surface area (Å²) in [7, 11) is 0. The molecule has 1 N–H and O–H groups in total. The molecule has 0 saturated carbocycles. The molecule has 3 aliphatic carbocycles. The first-order valence-electron chi connectivity index (χ1n) is 10.7. The summed E-state index contributed by atoms with van der Waals surface area (Å²) >= 11 is 12.1. The zero-order valence-electron chi connectivity index (χ0n) is 17.3. The average Bonchev–Trinajstić information content (AvgIpc) is 3.06. The quantitative estimate of drug-likeness (QED) is 0.550. The molecule has 4 aliphatic rings. The summed E-state index contributed by atoms with van der Waals surface area (Å²) in [6, 6.07) is 20.8. The van der Waals surface area contributed by atoms with Gasteiger partial charge in [-0.2, -0.15) is 0 Å². The first-order valence-corrected chi connectivity index (χ1v) is 11.5. The van der Waals surface area contributed by atoms with Crippen molar-refractivity contribution in [3.63, 3.8) is 0 Å².